The Kier molecular flexibility index (Phi) is 5.46. The third-order valence-electron chi connectivity index (χ3n) is 6.12. The van der Waals surface area contributed by atoms with Gasteiger partial charge in [-0.3, -0.25) is 13.9 Å². The number of rotatable bonds is 6. The number of imidazole rings is 1. The molecule has 0 saturated heterocycles. The van der Waals surface area contributed by atoms with Gasteiger partial charge in [0.1, 0.15) is 5.60 Å². The van der Waals surface area contributed by atoms with Gasteiger partial charge in [-0.25, -0.2) is 18.6 Å². The molecule has 176 valence electrons. The number of hydrogen-bond acceptors (Lipinski definition) is 4. The van der Waals surface area contributed by atoms with Crippen molar-refractivity contribution in [3.05, 3.63) is 52.4 Å². The van der Waals surface area contributed by atoms with Gasteiger partial charge in [-0.1, -0.05) is 25.1 Å². The Bertz CT molecular complexity index is 1290. The third kappa shape index (κ3) is 4.56. The molecule has 0 aliphatic heterocycles. The molecule has 0 amide bonds. The van der Waals surface area contributed by atoms with Crippen molar-refractivity contribution < 1.29 is 18.3 Å². The van der Waals surface area contributed by atoms with Crippen molar-refractivity contribution in [1.82, 2.24) is 14.1 Å². The predicted octanol–water partition coefficient (Wildman–Crippen LogP) is 4.72. The molecule has 3 aromatic rings. The van der Waals surface area contributed by atoms with Gasteiger partial charge < -0.3 is 4.74 Å². The number of benzene rings is 1. The molecule has 1 fully saturated rings. The van der Waals surface area contributed by atoms with E-state index in [1.165, 1.54) is 16.1 Å². The summed E-state index contributed by atoms with van der Waals surface area (Å²) in [6.07, 6.45) is 0.588. The van der Waals surface area contributed by atoms with E-state index in [9.17, 15) is 18.4 Å². The summed E-state index contributed by atoms with van der Waals surface area (Å²) in [5.74, 6) is -3.00. The molecule has 0 radical (unpaired) electrons. The van der Waals surface area contributed by atoms with Crippen LogP contribution in [0.4, 0.5) is 8.78 Å². The molecule has 8 heteroatoms. The van der Waals surface area contributed by atoms with Crippen molar-refractivity contribution in [3.8, 4) is 11.3 Å². The largest absolute Gasteiger partial charge is 0.460 e. The highest BCUT2D eigenvalue weighted by Gasteiger charge is 2.68. The summed E-state index contributed by atoms with van der Waals surface area (Å²) >= 11 is 0. The molecule has 2 aromatic heterocycles. The lowest BCUT2D eigenvalue weighted by Gasteiger charge is -2.19. The number of carbonyl (C=O) groups excluding carboxylic acids is 1. The molecule has 1 saturated carbocycles. The minimum atomic E-state index is -2.75. The van der Waals surface area contributed by atoms with E-state index in [0.29, 0.717) is 23.3 Å². The topological polar surface area (TPSA) is 66.1 Å². The van der Waals surface area contributed by atoms with Crippen LogP contribution in [0.15, 0.2) is 41.2 Å². The zero-order chi connectivity index (χ0) is 24.2. The van der Waals surface area contributed by atoms with Gasteiger partial charge in [0.05, 0.1) is 16.6 Å². The van der Waals surface area contributed by atoms with Crippen molar-refractivity contribution in [2.45, 2.75) is 65.0 Å². The Hall–Kier alpha value is -3.03. The first-order valence-electron chi connectivity index (χ1n) is 11.0. The summed E-state index contributed by atoms with van der Waals surface area (Å²) in [4.78, 5) is 29.4. The molecule has 33 heavy (non-hydrogen) atoms. The SMILES string of the molecule is Cn1c(=O)n(CC2(C)CC2(F)F)c2ccc(-c3cccc(CCC(=O)OC(C)(C)C)c3)nc21. The van der Waals surface area contributed by atoms with Crippen LogP contribution in [-0.4, -0.2) is 31.6 Å². The third-order valence-corrected chi connectivity index (χ3v) is 6.12. The van der Waals surface area contributed by atoms with Gasteiger partial charge in [-0.05, 0) is 51.0 Å². The highest BCUT2D eigenvalue weighted by Crippen LogP contribution is 2.61. The number of carbonyl (C=O) groups is 1. The Labute approximate surface area is 191 Å². The minimum Gasteiger partial charge on any atom is -0.460 e. The second-order valence-corrected chi connectivity index (χ2v) is 10.2. The summed E-state index contributed by atoms with van der Waals surface area (Å²) in [6.45, 7) is 6.97. The number of aryl methyl sites for hydroxylation is 2. The molecule has 1 aromatic carbocycles. The second kappa shape index (κ2) is 7.78. The van der Waals surface area contributed by atoms with E-state index in [4.69, 9.17) is 4.74 Å². The van der Waals surface area contributed by atoms with E-state index in [1.54, 1.807) is 19.2 Å². The van der Waals surface area contributed by atoms with Crippen molar-refractivity contribution >= 4 is 17.1 Å². The van der Waals surface area contributed by atoms with Gasteiger partial charge in [0, 0.05) is 32.0 Å². The van der Waals surface area contributed by atoms with E-state index < -0.39 is 16.9 Å². The smallest absolute Gasteiger partial charge is 0.330 e. The molecular weight excluding hydrogens is 428 g/mol. The maximum atomic E-state index is 13.8. The average molecular weight is 458 g/mol. The summed E-state index contributed by atoms with van der Waals surface area (Å²) in [5.41, 5.74) is 1.39. The number of ether oxygens (including phenoxy) is 1. The van der Waals surface area contributed by atoms with Gasteiger partial charge in [-0.2, -0.15) is 0 Å². The number of alkyl halides is 2. The van der Waals surface area contributed by atoms with Crippen LogP contribution in [0.25, 0.3) is 22.4 Å². The Morgan fingerprint density at radius 3 is 2.55 bits per heavy atom. The van der Waals surface area contributed by atoms with Crippen LogP contribution in [0.1, 0.15) is 46.1 Å². The van der Waals surface area contributed by atoms with Crippen LogP contribution in [0, 0.1) is 5.41 Å². The number of nitrogens with zero attached hydrogens (tertiary/aromatic N) is 3. The van der Waals surface area contributed by atoms with Crippen molar-refractivity contribution in [3.63, 3.8) is 0 Å². The van der Waals surface area contributed by atoms with Crippen molar-refractivity contribution in [2.24, 2.45) is 12.5 Å². The van der Waals surface area contributed by atoms with E-state index in [0.717, 1.165) is 11.1 Å². The first-order chi connectivity index (χ1) is 15.3. The standard InChI is InChI=1S/C25H29F2N3O3/c1-23(2,3)33-20(31)12-9-16-7-6-8-17(13-16)18-10-11-19-21(28-18)29(5)22(32)30(19)15-24(4)14-25(24,26)27/h6-8,10-11,13H,9,12,14-15H2,1-5H3. The Balaban J connectivity index is 1.58. The van der Waals surface area contributed by atoms with Crippen LogP contribution in [0.3, 0.4) is 0 Å². The fourth-order valence-electron chi connectivity index (χ4n) is 4.08. The first kappa shape index (κ1) is 23.1. The highest BCUT2D eigenvalue weighted by atomic mass is 19.3. The highest BCUT2D eigenvalue weighted by molar-refractivity contribution is 5.76. The maximum absolute atomic E-state index is 13.8. The fraction of sp³-hybridized carbons (Fsp3) is 0.480. The number of fused-ring (bicyclic) bond motifs is 1. The van der Waals surface area contributed by atoms with Gasteiger partial charge in [0.2, 0.25) is 0 Å². The molecule has 1 aliphatic rings. The van der Waals surface area contributed by atoms with Crippen molar-refractivity contribution in [2.75, 3.05) is 0 Å². The summed E-state index contributed by atoms with van der Waals surface area (Å²) < 4.78 is 35.7. The Morgan fingerprint density at radius 1 is 1.21 bits per heavy atom. The van der Waals surface area contributed by atoms with Crippen LogP contribution in [0.2, 0.25) is 0 Å². The van der Waals surface area contributed by atoms with Crippen LogP contribution >= 0.6 is 0 Å². The van der Waals surface area contributed by atoms with Gasteiger partial charge in [0.25, 0.3) is 5.92 Å². The lowest BCUT2D eigenvalue weighted by Crippen LogP contribution is -2.27. The van der Waals surface area contributed by atoms with E-state index >= 15 is 0 Å². The summed E-state index contributed by atoms with van der Waals surface area (Å²) in [7, 11) is 1.60. The molecule has 6 nitrogen and oxygen atoms in total. The number of pyridine rings is 1. The second-order valence-electron chi connectivity index (χ2n) is 10.2. The molecular formula is C25H29F2N3O3. The van der Waals surface area contributed by atoms with Gasteiger partial charge >= 0.3 is 11.7 Å². The monoisotopic (exact) mass is 457 g/mol. The Morgan fingerprint density at radius 2 is 1.91 bits per heavy atom. The molecule has 4 rings (SSSR count). The predicted molar refractivity (Wildman–Crippen MR) is 122 cm³/mol. The van der Waals surface area contributed by atoms with Crippen LogP contribution in [-0.2, 0) is 29.5 Å². The van der Waals surface area contributed by atoms with E-state index in [2.05, 4.69) is 4.98 Å². The molecule has 0 spiro atoms. The van der Waals surface area contributed by atoms with E-state index in [-0.39, 0.29) is 31.0 Å². The molecule has 1 unspecified atom stereocenters. The molecule has 0 bridgehead atoms. The van der Waals surface area contributed by atoms with Crippen LogP contribution in [0.5, 0.6) is 0 Å². The molecule has 2 heterocycles. The summed E-state index contributed by atoms with van der Waals surface area (Å²) in [6, 6.07) is 11.3. The minimum absolute atomic E-state index is 0.0443. The van der Waals surface area contributed by atoms with Gasteiger partial charge in [0.15, 0.2) is 5.65 Å². The summed E-state index contributed by atoms with van der Waals surface area (Å²) in [5, 5.41) is 0. The average Bonchev–Trinajstić information content (AvgIpc) is 3.15. The molecule has 1 aliphatic carbocycles. The van der Waals surface area contributed by atoms with Crippen molar-refractivity contribution in [1.29, 1.82) is 0 Å². The van der Waals surface area contributed by atoms with E-state index in [1.807, 2.05) is 45.0 Å². The lowest BCUT2D eigenvalue weighted by molar-refractivity contribution is -0.154. The normalized spacial score (nSPS) is 19.6. The maximum Gasteiger partial charge on any atom is 0.330 e. The number of halogens is 2. The zero-order valence-corrected chi connectivity index (χ0v) is 19.6. The number of aromatic nitrogens is 3. The number of esters is 1. The first-order valence-corrected chi connectivity index (χ1v) is 11.0. The van der Waals surface area contributed by atoms with Crippen LogP contribution < -0.4 is 5.69 Å². The molecule has 0 N–H and O–H groups in total. The fourth-order valence-corrected chi connectivity index (χ4v) is 4.08. The quantitative estimate of drug-likeness (QED) is 0.503. The molecule has 1 atom stereocenters. The zero-order valence-electron chi connectivity index (χ0n) is 19.6. The number of hydrogen-bond donors (Lipinski definition) is 0. The van der Waals surface area contributed by atoms with Gasteiger partial charge in [-0.15, -0.1) is 0 Å². The lowest BCUT2D eigenvalue weighted by atomic mass is 10.0.